The summed E-state index contributed by atoms with van der Waals surface area (Å²) in [5, 5.41) is 8.74. The third-order valence-electron chi connectivity index (χ3n) is 2.49. The van der Waals surface area contributed by atoms with Crippen LogP contribution in [0.5, 0.6) is 0 Å². The van der Waals surface area contributed by atoms with Gasteiger partial charge in [0.15, 0.2) is 0 Å². The zero-order chi connectivity index (χ0) is 14.6. The molecule has 0 saturated carbocycles. The second kappa shape index (κ2) is 6.12. The Morgan fingerprint density at radius 2 is 1.84 bits per heavy atom. The van der Waals surface area contributed by atoms with Crippen molar-refractivity contribution in [1.82, 2.24) is 4.31 Å². The van der Waals surface area contributed by atoms with E-state index in [0.29, 0.717) is 5.56 Å². The van der Waals surface area contributed by atoms with Crippen molar-refractivity contribution in [2.75, 3.05) is 6.54 Å². The van der Waals surface area contributed by atoms with E-state index in [4.69, 9.17) is 5.11 Å². The molecule has 106 valence electrons. The van der Waals surface area contributed by atoms with Crippen molar-refractivity contribution >= 4 is 16.0 Å². The van der Waals surface area contributed by atoms with Crippen LogP contribution in [0.4, 0.5) is 4.39 Å². The van der Waals surface area contributed by atoms with Gasteiger partial charge in [0.1, 0.15) is 12.4 Å². The third kappa shape index (κ3) is 4.60. The van der Waals surface area contributed by atoms with Gasteiger partial charge in [0.2, 0.25) is 10.0 Å². The van der Waals surface area contributed by atoms with Gasteiger partial charge in [-0.1, -0.05) is 12.1 Å². The maximum atomic E-state index is 12.7. The van der Waals surface area contributed by atoms with E-state index in [1.807, 2.05) is 0 Å². The van der Waals surface area contributed by atoms with Crippen molar-refractivity contribution in [3.63, 3.8) is 0 Å². The van der Waals surface area contributed by atoms with E-state index < -0.39 is 34.4 Å². The standard InChI is InChI=1S/C12H16FNO4S/c1-9(2)14(7-12(15)16)19(17,18)8-10-3-5-11(13)6-4-10/h3-6,9H,7-8H2,1-2H3,(H,15,16). The van der Waals surface area contributed by atoms with Gasteiger partial charge in [0.05, 0.1) is 5.75 Å². The highest BCUT2D eigenvalue weighted by Crippen LogP contribution is 2.14. The Hall–Kier alpha value is -1.47. The highest BCUT2D eigenvalue weighted by molar-refractivity contribution is 7.88. The molecule has 0 saturated heterocycles. The molecule has 1 N–H and O–H groups in total. The van der Waals surface area contributed by atoms with Crippen LogP contribution in [-0.4, -0.2) is 36.4 Å². The van der Waals surface area contributed by atoms with Crippen LogP contribution in [0.1, 0.15) is 19.4 Å². The van der Waals surface area contributed by atoms with Gasteiger partial charge in [-0.3, -0.25) is 4.79 Å². The maximum absolute atomic E-state index is 12.7. The Bertz CT molecular complexity index is 539. The normalized spacial score (nSPS) is 12.1. The molecule has 1 aromatic rings. The first-order chi connectivity index (χ1) is 8.72. The summed E-state index contributed by atoms with van der Waals surface area (Å²) in [5.41, 5.74) is 0.414. The molecule has 5 nitrogen and oxygen atoms in total. The van der Waals surface area contributed by atoms with E-state index in [2.05, 4.69) is 0 Å². The summed E-state index contributed by atoms with van der Waals surface area (Å²) >= 11 is 0. The van der Waals surface area contributed by atoms with Gasteiger partial charge in [-0.15, -0.1) is 0 Å². The first kappa shape index (κ1) is 15.6. The van der Waals surface area contributed by atoms with Crippen LogP contribution >= 0.6 is 0 Å². The second-order valence-electron chi connectivity index (χ2n) is 4.42. The van der Waals surface area contributed by atoms with Gasteiger partial charge in [-0.05, 0) is 31.5 Å². The van der Waals surface area contributed by atoms with Crippen LogP contribution in [0, 0.1) is 5.82 Å². The van der Waals surface area contributed by atoms with Crippen molar-refractivity contribution in [2.24, 2.45) is 0 Å². The highest BCUT2D eigenvalue weighted by atomic mass is 32.2. The molecule has 0 radical (unpaired) electrons. The third-order valence-corrected chi connectivity index (χ3v) is 4.45. The summed E-state index contributed by atoms with van der Waals surface area (Å²) in [5.74, 6) is -2.01. The highest BCUT2D eigenvalue weighted by Gasteiger charge is 2.27. The molecule has 0 aliphatic heterocycles. The number of carbonyl (C=O) groups is 1. The van der Waals surface area contributed by atoms with Crippen molar-refractivity contribution in [3.8, 4) is 0 Å². The molecule has 0 aliphatic rings. The molecule has 0 heterocycles. The van der Waals surface area contributed by atoms with Crippen LogP contribution in [0.2, 0.25) is 0 Å². The predicted molar refractivity (Wildman–Crippen MR) is 68.5 cm³/mol. The monoisotopic (exact) mass is 289 g/mol. The summed E-state index contributed by atoms with van der Waals surface area (Å²) in [7, 11) is -3.75. The number of sulfonamides is 1. The van der Waals surface area contributed by atoms with Crippen LogP contribution in [0.15, 0.2) is 24.3 Å². The quantitative estimate of drug-likeness (QED) is 0.860. The summed E-state index contributed by atoms with van der Waals surface area (Å²) in [6.45, 7) is 2.62. The van der Waals surface area contributed by atoms with E-state index in [1.165, 1.54) is 24.3 Å². The number of nitrogens with zero attached hydrogens (tertiary/aromatic N) is 1. The van der Waals surface area contributed by atoms with E-state index >= 15 is 0 Å². The smallest absolute Gasteiger partial charge is 0.318 e. The SMILES string of the molecule is CC(C)N(CC(=O)O)S(=O)(=O)Cc1ccc(F)cc1. The molecule has 0 fully saturated rings. The Labute approximate surface area is 111 Å². The van der Waals surface area contributed by atoms with Gasteiger partial charge in [-0.2, -0.15) is 4.31 Å². The number of halogens is 1. The number of rotatable bonds is 6. The van der Waals surface area contributed by atoms with Crippen LogP contribution in [-0.2, 0) is 20.6 Å². The first-order valence-corrected chi connectivity index (χ1v) is 7.29. The zero-order valence-corrected chi connectivity index (χ0v) is 11.5. The molecule has 1 rings (SSSR count). The fourth-order valence-corrected chi connectivity index (χ4v) is 3.34. The minimum Gasteiger partial charge on any atom is -0.480 e. The Balaban J connectivity index is 2.94. The Morgan fingerprint density at radius 3 is 2.26 bits per heavy atom. The molecule has 0 spiro atoms. The fourth-order valence-electron chi connectivity index (χ4n) is 1.61. The topological polar surface area (TPSA) is 74.7 Å². The van der Waals surface area contributed by atoms with Gasteiger partial charge >= 0.3 is 5.97 Å². The van der Waals surface area contributed by atoms with Gasteiger partial charge in [0, 0.05) is 6.04 Å². The van der Waals surface area contributed by atoms with Crippen LogP contribution in [0.25, 0.3) is 0 Å². The molecule has 0 aromatic heterocycles. The number of carboxylic acids is 1. The minimum absolute atomic E-state index is 0.348. The molecule has 0 bridgehead atoms. The number of hydrogen-bond donors (Lipinski definition) is 1. The average Bonchev–Trinajstić information content (AvgIpc) is 2.28. The molecule has 7 heteroatoms. The average molecular weight is 289 g/mol. The maximum Gasteiger partial charge on any atom is 0.318 e. The molecule has 0 amide bonds. The molecule has 0 unspecified atom stereocenters. The number of aliphatic carboxylic acids is 1. The van der Waals surface area contributed by atoms with E-state index in [-0.39, 0.29) is 5.75 Å². The molecular weight excluding hydrogens is 273 g/mol. The Kier molecular flexibility index (Phi) is 5.02. The van der Waals surface area contributed by atoms with Crippen LogP contribution < -0.4 is 0 Å². The molecular formula is C12H16FNO4S. The largest absolute Gasteiger partial charge is 0.480 e. The molecule has 0 aliphatic carbocycles. The van der Waals surface area contributed by atoms with E-state index in [1.54, 1.807) is 13.8 Å². The van der Waals surface area contributed by atoms with E-state index in [9.17, 15) is 17.6 Å². The van der Waals surface area contributed by atoms with Crippen LogP contribution in [0.3, 0.4) is 0 Å². The lowest BCUT2D eigenvalue weighted by Crippen LogP contribution is -2.41. The Morgan fingerprint density at radius 1 is 1.32 bits per heavy atom. The number of hydrogen-bond acceptors (Lipinski definition) is 3. The lowest BCUT2D eigenvalue weighted by atomic mass is 10.2. The van der Waals surface area contributed by atoms with Gasteiger partial charge < -0.3 is 5.11 Å². The minimum atomic E-state index is -3.75. The number of benzene rings is 1. The van der Waals surface area contributed by atoms with Crippen molar-refractivity contribution in [1.29, 1.82) is 0 Å². The van der Waals surface area contributed by atoms with Crippen molar-refractivity contribution in [3.05, 3.63) is 35.6 Å². The second-order valence-corrected chi connectivity index (χ2v) is 6.34. The summed E-state index contributed by atoms with van der Waals surface area (Å²) < 4.78 is 37.9. The van der Waals surface area contributed by atoms with Crippen molar-refractivity contribution in [2.45, 2.75) is 25.6 Å². The van der Waals surface area contributed by atoms with Gasteiger partial charge in [-0.25, -0.2) is 12.8 Å². The zero-order valence-electron chi connectivity index (χ0n) is 10.7. The summed E-state index contributed by atoms with van der Waals surface area (Å²) in [4.78, 5) is 10.7. The molecule has 0 atom stereocenters. The van der Waals surface area contributed by atoms with Crippen molar-refractivity contribution < 1.29 is 22.7 Å². The lowest BCUT2D eigenvalue weighted by Gasteiger charge is -2.24. The summed E-state index contributed by atoms with van der Waals surface area (Å²) in [6.07, 6.45) is 0. The lowest BCUT2D eigenvalue weighted by molar-refractivity contribution is -0.137. The summed E-state index contributed by atoms with van der Waals surface area (Å²) in [6, 6.07) is 4.61. The first-order valence-electron chi connectivity index (χ1n) is 5.68. The molecule has 19 heavy (non-hydrogen) atoms. The molecule has 1 aromatic carbocycles. The number of carboxylic acid groups (broad SMARTS) is 1. The predicted octanol–water partition coefficient (Wildman–Crippen LogP) is 1.45. The van der Waals surface area contributed by atoms with E-state index in [0.717, 1.165) is 4.31 Å². The fraction of sp³-hybridized carbons (Fsp3) is 0.417. The van der Waals surface area contributed by atoms with Gasteiger partial charge in [0.25, 0.3) is 0 Å².